The fourth-order valence-corrected chi connectivity index (χ4v) is 2.39. The molecule has 0 fully saturated rings. The lowest BCUT2D eigenvalue weighted by Gasteiger charge is -2.31. The first-order chi connectivity index (χ1) is 9.01. The van der Waals surface area contributed by atoms with Gasteiger partial charge >= 0.3 is 0 Å². The van der Waals surface area contributed by atoms with Gasteiger partial charge in [0, 0.05) is 12.2 Å². The van der Waals surface area contributed by atoms with Gasteiger partial charge in [-0.2, -0.15) is 0 Å². The Labute approximate surface area is 116 Å². The van der Waals surface area contributed by atoms with Crippen molar-refractivity contribution in [1.29, 1.82) is 0 Å². The van der Waals surface area contributed by atoms with Gasteiger partial charge in [0.25, 0.3) is 0 Å². The van der Waals surface area contributed by atoms with Crippen LogP contribution in [0.15, 0.2) is 18.2 Å². The topological polar surface area (TPSA) is 21.3 Å². The largest absolute Gasteiger partial charge is 0.376 e. The van der Waals surface area contributed by atoms with E-state index in [1.165, 1.54) is 0 Å². The lowest BCUT2D eigenvalue weighted by atomic mass is 9.92. The molecule has 0 spiro atoms. The predicted octanol–water partition coefficient (Wildman–Crippen LogP) is 3.85. The summed E-state index contributed by atoms with van der Waals surface area (Å²) in [5.41, 5.74) is 1.77. The van der Waals surface area contributed by atoms with Crippen LogP contribution in [0.5, 0.6) is 0 Å². The van der Waals surface area contributed by atoms with Gasteiger partial charge in [0.15, 0.2) is 0 Å². The fraction of sp³-hybridized carbons (Fsp3) is 0.625. The maximum atomic E-state index is 14.1. The van der Waals surface area contributed by atoms with Crippen molar-refractivity contribution in [2.75, 3.05) is 13.2 Å². The molecule has 0 amide bonds. The summed E-state index contributed by atoms with van der Waals surface area (Å²) in [7, 11) is 0. The number of benzene rings is 1. The Morgan fingerprint density at radius 1 is 1.26 bits per heavy atom. The summed E-state index contributed by atoms with van der Waals surface area (Å²) in [5.74, 6) is 0.158. The number of ether oxygens (including phenoxy) is 1. The van der Waals surface area contributed by atoms with E-state index in [1.54, 1.807) is 12.1 Å². The molecule has 2 unspecified atom stereocenters. The maximum Gasteiger partial charge on any atom is 0.128 e. The van der Waals surface area contributed by atoms with Crippen LogP contribution in [0.2, 0.25) is 0 Å². The van der Waals surface area contributed by atoms with Crippen LogP contribution >= 0.6 is 0 Å². The fourth-order valence-electron chi connectivity index (χ4n) is 2.39. The molecule has 0 saturated heterocycles. The molecule has 0 aliphatic rings. The number of aryl methyl sites for hydroxylation is 1. The molecular weight excluding hydrogens is 241 g/mol. The highest BCUT2D eigenvalue weighted by Crippen LogP contribution is 2.27. The Kier molecular flexibility index (Phi) is 6.46. The Balaban J connectivity index is 3.13. The summed E-state index contributed by atoms with van der Waals surface area (Å²) in [6.07, 6.45) is -0.0266. The second kappa shape index (κ2) is 7.61. The van der Waals surface area contributed by atoms with E-state index in [2.05, 4.69) is 19.2 Å². The number of nitrogens with one attached hydrogen (secondary N) is 1. The molecule has 3 heteroatoms. The molecule has 19 heavy (non-hydrogen) atoms. The Morgan fingerprint density at radius 2 is 1.95 bits per heavy atom. The average molecular weight is 267 g/mol. The highest BCUT2D eigenvalue weighted by atomic mass is 19.1. The van der Waals surface area contributed by atoms with Crippen LogP contribution in [-0.4, -0.2) is 19.3 Å². The van der Waals surface area contributed by atoms with E-state index in [-0.39, 0.29) is 18.0 Å². The number of likely N-dealkylation sites (N-methyl/N-ethyl adjacent to an activating group) is 1. The smallest absolute Gasteiger partial charge is 0.128 e. The van der Waals surface area contributed by atoms with E-state index >= 15 is 0 Å². The molecule has 1 aromatic rings. The van der Waals surface area contributed by atoms with Gasteiger partial charge in [0.1, 0.15) is 5.82 Å². The SMILES string of the molecule is CCNC(c1cc(C)ccc1F)C(OCC)C(C)C. The summed E-state index contributed by atoms with van der Waals surface area (Å²) < 4.78 is 19.9. The highest BCUT2D eigenvalue weighted by molar-refractivity contribution is 5.28. The van der Waals surface area contributed by atoms with E-state index in [4.69, 9.17) is 4.74 Å². The van der Waals surface area contributed by atoms with Crippen LogP contribution in [-0.2, 0) is 4.74 Å². The summed E-state index contributed by atoms with van der Waals surface area (Å²) >= 11 is 0. The van der Waals surface area contributed by atoms with Gasteiger partial charge in [-0.3, -0.25) is 0 Å². The molecule has 2 atom stereocenters. The molecule has 0 bridgehead atoms. The molecule has 0 aliphatic carbocycles. The molecule has 0 saturated carbocycles. The van der Waals surface area contributed by atoms with E-state index in [0.717, 1.165) is 12.1 Å². The first-order valence-corrected chi connectivity index (χ1v) is 7.12. The van der Waals surface area contributed by atoms with Gasteiger partial charge in [-0.1, -0.05) is 38.5 Å². The zero-order valence-electron chi connectivity index (χ0n) is 12.7. The standard InChI is InChI=1S/C16H26FNO/c1-6-18-15(16(11(3)4)19-7-2)13-10-12(5)8-9-14(13)17/h8-11,15-16,18H,6-7H2,1-5H3. The lowest BCUT2D eigenvalue weighted by molar-refractivity contribution is 0.00236. The Hall–Kier alpha value is -0.930. The quantitative estimate of drug-likeness (QED) is 0.810. The van der Waals surface area contributed by atoms with Crippen LogP contribution in [0.25, 0.3) is 0 Å². The van der Waals surface area contributed by atoms with Crippen molar-refractivity contribution >= 4 is 0 Å². The first kappa shape index (κ1) is 16.1. The number of hydrogen-bond donors (Lipinski definition) is 1. The molecule has 2 nitrogen and oxygen atoms in total. The van der Waals surface area contributed by atoms with E-state index in [0.29, 0.717) is 18.1 Å². The molecular formula is C16H26FNO. The second-order valence-electron chi connectivity index (χ2n) is 5.22. The van der Waals surface area contributed by atoms with E-state index < -0.39 is 0 Å². The molecule has 0 aromatic heterocycles. The second-order valence-corrected chi connectivity index (χ2v) is 5.22. The summed E-state index contributed by atoms with van der Waals surface area (Å²) in [6.45, 7) is 11.6. The molecule has 0 radical (unpaired) electrons. The third-order valence-electron chi connectivity index (χ3n) is 3.26. The molecule has 0 aliphatic heterocycles. The molecule has 1 N–H and O–H groups in total. The van der Waals surface area contributed by atoms with E-state index in [9.17, 15) is 4.39 Å². The van der Waals surface area contributed by atoms with Crippen LogP contribution in [0.4, 0.5) is 4.39 Å². The summed E-state index contributed by atoms with van der Waals surface area (Å²) in [5, 5.41) is 3.37. The van der Waals surface area contributed by atoms with Gasteiger partial charge in [-0.25, -0.2) is 4.39 Å². The number of halogens is 1. The van der Waals surface area contributed by atoms with Gasteiger partial charge in [0.05, 0.1) is 12.1 Å². The van der Waals surface area contributed by atoms with Crippen LogP contribution < -0.4 is 5.32 Å². The average Bonchev–Trinajstić information content (AvgIpc) is 2.36. The molecule has 1 aromatic carbocycles. The van der Waals surface area contributed by atoms with Crippen molar-refractivity contribution in [2.24, 2.45) is 5.92 Å². The molecule has 0 heterocycles. The van der Waals surface area contributed by atoms with Crippen molar-refractivity contribution in [1.82, 2.24) is 5.32 Å². The minimum Gasteiger partial charge on any atom is -0.376 e. The van der Waals surface area contributed by atoms with Crippen molar-refractivity contribution in [2.45, 2.75) is 46.8 Å². The summed E-state index contributed by atoms with van der Waals surface area (Å²) in [4.78, 5) is 0. The third-order valence-corrected chi connectivity index (χ3v) is 3.26. The number of hydrogen-bond acceptors (Lipinski definition) is 2. The zero-order valence-corrected chi connectivity index (χ0v) is 12.7. The first-order valence-electron chi connectivity index (χ1n) is 7.12. The summed E-state index contributed by atoms with van der Waals surface area (Å²) in [6, 6.07) is 5.15. The third kappa shape index (κ3) is 4.29. The normalized spacial score (nSPS) is 14.7. The molecule has 1 rings (SSSR count). The van der Waals surface area contributed by atoms with Crippen LogP contribution in [0.1, 0.15) is 44.9 Å². The van der Waals surface area contributed by atoms with Crippen molar-refractivity contribution in [3.63, 3.8) is 0 Å². The van der Waals surface area contributed by atoms with Crippen molar-refractivity contribution in [3.8, 4) is 0 Å². The van der Waals surface area contributed by atoms with E-state index in [1.807, 2.05) is 26.8 Å². The Bertz CT molecular complexity index is 392. The highest BCUT2D eigenvalue weighted by Gasteiger charge is 2.28. The van der Waals surface area contributed by atoms with Crippen LogP contribution in [0.3, 0.4) is 0 Å². The van der Waals surface area contributed by atoms with Crippen molar-refractivity contribution < 1.29 is 9.13 Å². The van der Waals surface area contributed by atoms with Gasteiger partial charge in [0.2, 0.25) is 0 Å². The minimum atomic E-state index is -0.165. The number of rotatable bonds is 7. The van der Waals surface area contributed by atoms with Gasteiger partial charge in [-0.05, 0) is 32.4 Å². The lowest BCUT2D eigenvalue weighted by Crippen LogP contribution is -2.38. The minimum absolute atomic E-state index is 0.0266. The monoisotopic (exact) mass is 267 g/mol. The molecule has 108 valence electrons. The van der Waals surface area contributed by atoms with Crippen LogP contribution in [0, 0.1) is 18.7 Å². The van der Waals surface area contributed by atoms with Gasteiger partial charge < -0.3 is 10.1 Å². The van der Waals surface area contributed by atoms with Crippen molar-refractivity contribution in [3.05, 3.63) is 35.1 Å². The zero-order chi connectivity index (χ0) is 14.4. The predicted molar refractivity (Wildman–Crippen MR) is 77.8 cm³/mol. The maximum absolute atomic E-state index is 14.1. The Morgan fingerprint density at radius 3 is 2.47 bits per heavy atom. The van der Waals surface area contributed by atoms with Gasteiger partial charge in [-0.15, -0.1) is 0 Å².